The van der Waals surface area contributed by atoms with Gasteiger partial charge in [-0.05, 0) is 25.1 Å². The molecule has 4 nitrogen and oxygen atoms in total. The SMILES string of the molecule is CC(Nc1c(N)cnc2ccc(Br)cc12)c1nccs1. The molecule has 0 radical (unpaired) electrons. The number of fused-ring (bicyclic) bond motifs is 1. The summed E-state index contributed by atoms with van der Waals surface area (Å²) < 4.78 is 1.00. The highest BCUT2D eigenvalue weighted by atomic mass is 79.9. The summed E-state index contributed by atoms with van der Waals surface area (Å²) in [7, 11) is 0. The van der Waals surface area contributed by atoms with Crippen LogP contribution < -0.4 is 11.1 Å². The van der Waals surface area contributed by atoms with Gasteiger partial charge in [-0.1, -0.05) is 15.9 Å². The van der Waals surface area contributed by atoms with Gasteiger partial charge in [-0.2, -0.15) is 0 Å². The van der Waals surface area contributed by atoms with Crippen molar-refractivity contribution in [2.45, 2.75) is 13.0 Å². The van der Waals surface area contributed by atoms with Gasteiger partial charge in [0.15, 0.2) is 0 Å². The Kier molecular flexibility index (Phi) is 3.58. The summed E-state index contributed by atoms with van der Waals surface area (Å²) in [6.07, 6.45) is 3.50. The Morgan fingerprint density at radius 2 is 2.20 bits per heavy atom. The molecule has 1 aromatic carbocycles. The average Bonchev–Trinajstić information content (AvgIpc) is 2.96. The van der Waals surface area contributed by atoms with Crippen LogP contribution in [0, 0.1) is 0 Å². The zero-order valence-corrected chi connectivity index (χ0v) is 13.2. The van der Waals surface area contributed by atoms with Crippen LogP contribution in [0.25, 0.3) is 10.9 Å². The van der Waals surface area contributed by atoms with Crippen LogP contribution in [0.2, 0.25) is 0 Å². The predicted octanol–water partition coefficient (Wildman–Crippen LogP) is 4.21. The van der Waals surface area contributed by atoms with E-state index in [1.807, 2.05) is 29.8 Å². The van der Waals surface area contributed by atoms with Crippen LogP contribution in [0.1, 0.15) is 18.0 Å². The molecule has 3 aromatic rings. The molecule has 0 saturated carbocycles. The molecule has 1 unspecified atom stereocenters. The van der Waals surface area contributed by atoms with Crippen LogP contribution in [0.5, 0.6) is 0 Å². The monoisotopic (exact) mass is 348 g/mol. The van der Waals surface area contributed by atoms with E-state index in [2.05, 4.69) is 38.1 Å². The van der Waals surface area contributed by atoms with Crippen molar-refractivity contribution in [1.82, 2.24) is 9.97 Å². The van der Waals surface area contributed by atoms with Crippen LogP contribution >= 0.6 is 27.3 Å². The van der Waals surface area contributed by atoms with E-state index in [0.717, 1.165) is 26.1 Å². The van der Waals surface area contributed by atoms with Crippen LogP contribution in [0.4, 0.5) is 11.4 Å². The smallest absolute Gasteiger partial charge is 0.115 e. The van der Waals surface area contributed by atoms with Crippen molar-refractivity contribution >= 4 is 49.5 Å². The van der Waals surface area contributed by atoms with Crippen molar-refractivity contribution in [3.05, 3.63) is 45.5 Å². The maximum Gasteiger partial charge on any atom is 0.115 e. The highest BCUT2D eigenvalue weighted by Crippen LogP contribution is 2.33. The molecule has 0 aliphatic heterocycles. The van der Waals surface area contributed by atoms with Crippen LogP contribution in [-0.2, 0) is 0 Å². The number of nitrogens with zero attached hydrogens (tertiary/aromatic N) is 2. The number of benzene rings is 1. The first kappa shape index (κ1) is 13.3. The molecule has 0 aliphatic rings. The molecule has 0 spiro atoms. The second kappa shape index (κ2) is 5.38. The molecular weight excluding hydrogens is 336 g/mol. The molecule has 2 aromatic heterocycles. The number of hydrogen-bond acceptors (Lipinski definition) is 5. The summed E-state index contributed by atoms with van der Waals surface area (Å²) >= 11 is 5.11. The molecule has 1 atom stereocenters. The summed E-state index contributed by atoms with van der Waals surface area (Å²) in [6, 6.07) is 6.06. The minimum Gasteiger partial charge on any atom is -0.396 e. The Bertz CT molecular complexity index is 737. The van der Waals surface area contributed by atoms with Crippen LogP contribution in [0.15, 0.2) is 40.4 Å². The van der Waals surface area contributed by atoms with E-state index in [0.29, 0.717) is 5.69 Å². The van der Waals surface area contributed by atoms with Gasteiger partial charge in [0.1, 0.15) is 5.01 Å². The Morgan fingerprint density at radius 1 is 1.35 bits per heavy atom. The van der Waals surface area contributed by atoms with Crippen LogP contribution in [-0.4, -0.2) is 9.97 Å². The number of nitrogens with one attached hydrogen (secondary N) is 1. The van der Waals surface area contributed by atoms with Gasteiger partial charge in [-0.25, -0.2) is 4.98 Å². The molecule has 6 heteroatoms. The minimum atomic E-state index is 0.0990. The summed E-state index contributed by atoms with van der Waals surface area (Å²) in [4.78, 5) is 8.68. The molecule has 102 valence electrons. The maximum absolute atomic E-state index is 6.08. The standard InChI is InChI=1S/C14H13BrN4S/c1-8(14-17-4-5-20-14)19-13-10-6-9(15)2-3-12(10)18-7-11(13)16/h2-8H,16H2,1H3,(H,18,19). The number of halogens is 1. The summed E-state index contributed by atoms with van der Waals surface area (Å²) in [5, 5.41) is 7.45. The number of nitrogen functional groups attached to an aromatic ring is 1. The molecule has 3 N–H and O–H groups in total. The molecule has 0 amide bonds. The average molecular weight is 349 g/mol. The van der Waals surface area contributed by atoms with Gasteiger partial charge in [0, 0.05) is 21.4 Å². The van der Waals surface area contributed by atoms with E-state index in [-0.39, 0.29) is 6.04 Å². The molecule has 20 heavy (non-hydrogen) atoms. The van der Waals surface area contributed by atoms with Gasteiger partial charge >= 0.3 is 0 Å². The van der Waals surface area contributed by atoms with Gasteiger partial charge in [0.2, 0.25) is 0 Å². The third-order valence-corrected chi connectivity index (χ3v) is 4.49. The van der Waals surface area contributed by atoms with E-state index < -0.39 is 0 Å². The quantitative estimate of drug-likeness (QED) is 0.744. The largest absolute Gasteiger partial charge is 0.396 e. The molecule has 0 fully saturated rings. The first-order valence-corrected chi connectivity index (χ1v) is 7.82. The van der Waals surface area contributed by atoms with E-state index in [9.17, 15) is 0 Å². The van der Waals surface area contributed by atoms with E-state index in [1.54, 1.807) is 17.5 Å². The molecule has 2 heterocycles. The van der Waals surface area contributed by atoms with Gasteiger partial charge in [-0.15, -0.1) is 11.3 Å². The number of anilines is 2. The normalized spacial score (nSPS) is 12.5. The van der Waals surface area contributed by atoms with E-state index >= 15 is 0 Å². The Labute approximate surface area is 129 Å². The third-order valence-electron chi connectivity index (χ3n) is 3.04. The zero-order chi connectivity index (χ0) is 14.1. The lowest BCUT2D eigenvalue weighted by Gasteiger charge is -2.16. The fourth-order valence-electron chi connectivity index (χ4n) is 2.07. The Balaban J connectivity index is 2.06. The lowest BCUT2D eigenvalue weighted by atomic mass is 10.1. The van der Waals surface area contributed by atoms with Crippen molar-refractivity contribution in [3.8, 4) is 0 Å². The highest BCUT2D eigenvalue weighted by Gasteiger charge is 2.13. The Morgan fingerprint density at radius 3 is 2.95 bits per heavy atom. The number of nitrogens with two attached hydrogens (primary N) is 1. The molecule has 3 rings (SSSR count). The second-order valence-electron chi connectivity index (χ2n) is 4.49. The lowest BCUT2D eigenvalue weighted by Crippen LogP contribution is -2.09. The van der Waals surface area contributed by atoms with Gasteiger partial charge in [0.05, 0.1) is 29.1 Å². The number of rotatable bonds is 3. The topological polar surface area (TPSA) is 63.8 Å². The summed E-state index contributed by atoms with van der Waals surface area (Å²) in [5.41, 5.74) is 8.53. The summed E-state index contributed by atoms with van der Waals surface area (Å²) in [6.45, 7) is 2.07. The predicted molar refractivity (Wildman–Crippen MR) is 88.0 cm³/mol. The number of thiazole rings is 1. The van der Waals surface area contributed by atoms with Gasteiger partial charge in [-0.3, -0.25) is 4.98 Å². The Hall–Kier alpha value is -1.66. The first-order valence-electron chi connectivity index (χ1n) is 6.15. The molecule has 0 saturated heterocycles. The molecule has 0 aliphatic carbocycles. The van der Waals surface area contributed by atoms with Crippen molar-refractivity contribution in [2.24, 2.45) is 0 Å². The zero-order valence-electron chi connectivity index (χ0n) is 10.8. The molecule has 0 bridgehead atoms. The number of aromatic nitrogens is 2. The fourth-order valence-corrected chi connectivity index (χ4v) is 3.07. The van der Waals surface area contributed by atoms with Crippen molar-refractivity contribution in [3.63, 3.8) is 0 Å². The maximum atomic E-state index is 6.08. The fraction of sp³-hybridized carbons (Fsp3) is 0.143. The van der Waals surface area contributed by atoms with Crippen LogP contribution in [0.3, 0.4) is 0 Å². The highest BCUT2D eigenvalue weighted by molar-refractivity contribution is 9.10. The van der Waals surface area contributed by atoms with Crippen molar-refractivity contribution < 1.29 is 0 Å². The van der Waals surface area contributed by atoms with E-state index in [4.69, 9.17) is 5.73 Å². The number of pyridine rings is 1. The lowest BCUT2D eigenvalue weighted by molar-refractivity contribution is 0.872. The first-order chi connectivity index (χ1) is 9.65. The van der Waals surface area contributed by atoms with E-state index in [1.165, 1.54) is 0 Å². The second-order valence-corrected chi connectivity index (χ2v) is 6.33. The van der Waals surface area contributed by atoms with Crippen molar-refractivity contribution in [1.29, 1.82) is 0 Å². The minimum absolute atomic E-state index is 0.0990. The number of hydrogen-bond donors (Lipinski definition) is 2. The van der Waals surface area contributed by atoms with Gasteiger partial charge in [0.25, 0.3) is 0 Å². The van der Waals surface area contributed by atoms with Gasteiger partial charge < -0.3 is 11.1 Å². The summed E-state index contributed by atoms with van der Waals surface area (Å²) in [5.74, 6) is 0. The van der Waals surface area contributed by atoms with Crippen molar-refractivity contribution in [2.75, 3.05) is 11.1 Å². The molecular formula is C14H13BrN4S. The third kappa shape index (κ3) is 2.48.